The van der Waals surface area contributed by atoms with Crippen LogP contribution in [0.15, 0.2) is 17.5 Å². The minimum absolute atomic E-state index is 0.00566. The summed E-state index contributed by atoms with van der Waals surface area (Å²) in [4.78, 5) is 31.2. The van der Waals surface area contributed by atoms with Gasteiger partial charge in [-0.25, -0.2) is 0 Å². The molecule has 0 bridgehead atoms. The van der Waals surface area contributed by atoms with Gasteiger partial charge >= 0.3 is 11.9 Å². The van der Waals surface area contributed by atoms with E-state index in [0.717, 1.165) is 11.3 Å². The van der Waals surface area contributed by atoms with Crippen molar-refractivity contribution >= 4 is 35.3 Å². The third-order valence-corrected chi connectivity index (χ3v) is 6.23. The zero-order valence-electron chi connectivity index (χ0n) is 10.1. The molecule has 2 atom stereocenters. The summed E-state index contributed by atoms with van der Waals surface area (Å²) in [5.74, 6) is -3.11. The highest BCUT2D eigenvalue weighted by Gasteiger charge is 2.27. The molecule has 0 saturated carbocycles. The number of rotatable bonds is 8. The van der Waals surface area contributed by atoms with E-state index in [4.69, 9.17) is 10.2 Å². The van der Waals surface area contributed by atoms with E-state index in [0.29, 0.717) is 4.62 Å². The van der Waals surface area contributed by atoms with Gasteiger partial charge in [-0.2, -0.15) is 0 Å². The average molecular weight is 306 g/mol. The van der Waals surface area contributed by atoms with Crippen LogP contribution in [0.25, 0.3) is 0 Å². The first kappa shape index (κ1) is 15.9. The quantitative estimate of drug-likeness (QED) is 0.629. The smallest absolute Gasteiger partial charge is 0.306 e. The van der Waals surface area contributed by atoms with E-state index in [-0.39, 0.29) is 25.4 Å². The lowest BCUT2D eigenvalue weighted by Crippen LogP contribution is -2.18. The molecule has 0 aromatic carbocycles. The predicted molar refractivity (Wildman–Crippen MR) is 71.3 cm³/mol. The van der Waals surface area contributed by atoms with Crippen LogP contribution in [-0.2, 0) is 14.2 Å². The minimum Gasteiger partial charge on any atom is -0.481 e. The van der Waals surface area contributed by atoms with Crippen LogP contribution >= 0.6 is 18.7 Å². The van der Waals surface area contributed by atoms with Gasteiger partial charge in [-0.15, -0.1) is 11.3 Å². The Bertz CT molecular complexity index is 483. The molecule has 1 rings (SSSR count). The van der Waals surface area contributed by atoms with Crippen molar-refractivity contribution in [3.05, 3.63) is 17.5 Å². The average Bonchev–Trinajstić information content (AvgIpc) is 2.81. The predicted octanol–water partition coefficient (Wildman–Crippen LogP) is 1.60. The Hall–Kier alpha value is -1.17. The summed E-state index contributed by atoms with van der Waals surface area (Å²) < 4.78 is 12.3. The van der Waals surface area contributed by atoms with Crippen LogP contribution in [0.2, 0.25) is 0 Å². The molecule has 0 fully saturated rings. The van der Waals surface area contributed by atoms with Crippen LogP contribution in [0, 0.1) is 5.92 Å². The molecule has 8 heteroatoms. The number of carboxylic acid groups (broad SMARTS) is 2. The molecule has 1 aromatic rings. The first-order chi connectivity index (χ1) is 8.83. The highest BCUT2D eigenvalue weighted by molar-refractivity contribution is 7.71. The van der Waals surface area contributed by atoms with Crippen LogP contribution in [0.1, 0.15) is 19.3 Å². The molecule has 1 aromatic heterocycles. The van der Waals surface area contributed by atoms with Gasteiger partial charge in [0, 0.05) is 12.6 Å². The van der Waals surface area contributed by atoms with Crippen LogP contribution in [0.3, 0.4) is 0 Å². The van der Waals surface area contributed by atoms with E-state index in [1.165, 1.54) is 0 Å². The fraction of sp³-hybridized carbons (Fsp3) is 0.455. The Morgan fingerprint density at radius 1 is 1.32 bits per heavy atom. The maximum absolute atomic E-state index is 12.0. The summed E-state index contributed by atoms with van der Waals surface area (Å²) in [6.07, 6.45) is -0.445. The van der Waals surface area contributed by atoms with Gasteiger partial charge in [-0.05, 0) is 24.3 Å². The van der Waals surface area contributed by atoms with Gasteiger partial charge in [-0.1, -0.05) is 6.07 Å². The monoisotopic (exact) mass is 306 g/mol. The van der Waals surface area contributed by atoms with Gasteiger partial charge in [0.15, 0.2) is 0 Å². The molecule has 1 heterocycles. The van der Waals surface area contributed by atoms with E-state index < -0.39 is 25.2 Å². The first-order valence-electron chi connectivity index (χ1n) is 5.63. The molecule has 106 valence electrons. The zero-order valence-corrected chi connectivity index (χ0v) is 11.8. The Morgan fingerprint density at radius 2 is 2.00 bits per heavy atom. The van der Waals surface area contributed by atoms with Crippen molar-refractivity contribution in [1.29, 1.82) is 0 Å². The minimum atomic E-state index is -3.53. The van der Waals surface area contributed by atoms with E-state index in [1.807, 2.05) is 0 Å². The second-order valence-electron chi connectivity index (χ2n) is 4.13. The lowest BCUT2D eigenvalue weighted by Gasteiger charge is -2.14. The summed E-state index contributed by atoms with van der Waals surface area (Å²) in [6.45, 7) is 0. The Balaban J connectivity index is 2.59. The molecule has 6 nitrogen and oxygen atoms in total. The Labute approximate surface area is 114 Å². The van der Waals surface area contributed by atoms with Gasteiger partial charge in [-0.3, -0.25) is 14.2 Å². The molecule has 0 aliphatic heterocycles. The van der Waals surface area contributed by atoms with Crippen molar-refractivity contribution in [2.75, 3.05) is 6.16 Å². The molecule has 3 N–H and O–H groups in total. The standard InChI is InChI=1S/C11H15O6PS/c12-9(13)4-3-8(11(14)15)5-6-18(16,17)10-2-1-7-19-10/h1-2,7-8H,3-6H2,(H,12,13)(H,14,15)(H,16,17). The molecule has 2 unspecified atom stereocenters. The maximum atomic E-state index is 12.0. The number of hydrogen-bond acceptors (Lipinski definition) is 4. The van der Waals surface area contributed by atoms with Crippen LogP contribution in [0.5, 0.6) is 0 Å². The summed E-state index contributed by atoms with van der Waals surface area (Å²) in [5.41, 5.74) is 0. The van der Waals surface area contributed by atoms with Gasteiger partial charge in [0.2, 0.25) is 7.37 Å². The van der Waals surface area contributed by atoms with Gasteiger partial charge in [0.25, 0.3) is 0 Å². The SMILES string of the molecule is O=C(O)CCC(CCP(=O)(O)c1cccs1)C(=O)O. The number of carbonyl (C=O) groups is 2. The highest BCUT2D eigenvalue weighted by atomic mass is 32.1. The second-order valence-corrected chi connectivity index (χ2v) is 7.72. The number of aliphatic carboxylic acids is 2. The fourth-order valence-corrected chi connectivity index (χ4v) is 4.37. The van der Waals surface area contributed by atoms with Gasteiger partial charge < -0.3 is 15.1 Å². The third kappa shape index (κ3) is 5.14. The third-order valence-electron chi connectivity index (χ3n) is 2.69. The molecule has 0 aliphatic carbocycles. The maximum Gasteiger partial charge on any atom is 0.306 e. The van der Waals surface area contributed by atoms with E-state index >= 15 is 0 Å². The van der Waals surface area contributed by atoms with E-state index in [1.54, 1.807) is 17.5 Å². The largest absolute Gasteiger partial charge is 0.481 e. The number of hydrogen-bond donors (Lipinski definition) is 3. The molecule has 0 aliphatic rings. The molecule has 0 saturated heterocycles. The lowest BCUT2D eigenvalue weighted by molar-refractivity contribution is -0.143. The van der Waals surface area contributed by atoms with E-state index in [2.05, 4.69) is 0 Å². The van der Waals surface area contributed by atoms with E-state index in [9.17, 15) is 19.0 Å². The second kappa shape index (κ2) is 6.84. The molecule has 0 spiro atoms. The van der Waals surface area contributed by atoms with Crippen LogP contribution < -0.4 is 4.62 Å². The highest BCUT2D eigenvalue weighted by Crippen LogP contribution is 2.42. The summed E-state index contributed by atoms with van der Waals surface area (Å²) in [5, 5.41) is 19.2. The lowest BCUT2D eigenvalue weighted by atomic mass is 10.0. The molecular formula is C11H15O6PS. The number of carboxylic acids is 2. The van der Waals surface area contributed by atoms with Crippen molar-refractivity contribution in [3.8, 4) is 0 Å². The van der Waals surface area contributed by atoms with Gasteiger partial charge in [0.1, 0.15) is 0 Å². The number of thiophene rings is 1. The molecular weight excluding hydrogens is 291 g/mol. The van der Waals surface area contributed by atoms with Crippen molar-refractivity contribution in [1.82, 2.24) is 0 Å². The van der Waals surface area contributed by atoms with Crippen molar-refractivity contribution in [3.63, 3.8) is 0 Å². The Morgan fingerprint density at radius 3 is 2.47 bits per heavy atom. The van der Waals surface area contributed by atoms with Crippen molar-refractivity contribution in [2.24, 2.45) is 5.92 Å². The van der Waals surface area contributed by atoms with Crippen LogP contribution in [0.4, 0.5) is 0 Å². The zero-order chi connectivity index (χ0) is 14.5. The fourth-order valence-electron chi connectivity index (χ4n) is 1.60. The topological polar surface area (TPSA) is 112 Å². The first-order valence-corrected chi connectivity index (χ1v) is 8.36. The Kier molecular flexibility index (Phi) is 5.72. The summed E-state index contributed by atoms with van der Waals surface area (Å²) in [7, 11) is -3.53. The summed E-state index contributed by atoms with van der Waals surface area (Å²) >= 11 is 1.15. The molecule has 0 radical (unpaired) electrons. The van der Waals surface area contributed by atoms with Crippen molar-refractivity contribution in [2.45, 2.75) is 19.3 Å². The summed E-state index contributed by atoms with van der Waals surface area (Å²) in [6, 6.07) is 3.19. The normalized spacial score (nSPS) is 15.6. The molecule has 0 amide bonds. The molecule has 19 heavy (non-hydrogen) atoms. The van der Waals surface area contributed by atoms with Crippen molar-refractivity contribution < 1.29 is 29.3 Å². The van der Waals surface area contributed by atoms with Gasteiger partial charge in [0.05, 0.1) is 10.5 Å². The van der Waals surface area contributed by atoms with Crippen LogP contribution in [-0.4, -0.2) is 33.2 Å².